The molecule has 3 rings (SSSR count). The third kappa shape index (κ3) is 3.65. The number of hydrogen-bond donors (Lipinski definition) is 1. The minimum Gasteiger partial charge on any atom is -0.496 e. The number of benzene rings is 1. The van der Waals surface area contributed by atoms with Crippen molar-refractivity contribution in [2.24, 2.45) is 0 Å². The number of rotatable bonds is 4. The van der Waals surface area contributed by atoms with Gasteiger partial charge in [0.15, 0.2) is 0 Å². The van der Waals surface area contributed by atoms with Crippen LogP contribution in [-0.4, -0.2) is 56.6 Å². The maximum absolute atomic E-state index is 12.8. The fourth-order valence-electron chi connectivity index (χ4n) is 3.40. The number of morpholine rings is 1. The van der Waals surface area contributed by atoms with Gasteiger partial charge in [0.2, 0.25) is 0 Å². The average Bonchev–Trinajstić information content (AvgIpc) is 3.16. The molecule has 0 radical (unpaired) electrons. The molecule has 1 aromatic rings. The summed E-state index contributed by atoms with van der Waals surface area (Å²) in [5.41, 5.74) is 1.87. The van der Waals surface area contributed by atoms with Gasteiger partial charge in [0.05, 0.1) is 32.5 Å². The molecule has 1 aromatic carbocycles. The third-order valence-electron chi connectivity index (χ3n) is 4.74. The van der Waals surface area contributed by atoms with Crippen molar-refractivity contribution >= 4 is 11.7 Å². The lowest BCUT2D eigenvalue weighted by atomic mass is 10.1. The van der Waals surface area contributed by atoms with E-state index in [-0.39, 0.29) is 18.2 Å². The number of carbonyl (C=O) groups excluding carboxylic acids is 1. The summed E-state index contributed by atoms with van der Waals surface area (Å²) in [6.45, 7) is 4.54. The van der Waals surface area contributed by atoms with Crippen LogP contribution in [0.5, 0.6) is 5.75 Å². The quantitative estimate of drug-likeness (QED) is 0.920. The number of amides is 2. The van der Waals surface area contributed by atoms with Gasteiger partial charge in [0.1, 0.15) is 5.75 Å². The van der Waals surface area contributed by atoms with Gasteiger partial charge in [-0.1, -0.05) is 13.0 Å². The van der Waals surface area contributed by atoms with Crippen molar-refractivity contribution in [3.63, 3.8) is 0 Å². The number of methoxy groups -OCH3 is 1. The van der Waals surface area contributed by atoms with Crippen molar-refractivity contribution in [3.8, 4) is 5.75 Å². The molecule has 2 saturated heterocycles. The van der Waals surface area contributed by atoms with E-state index in [9.17, 15) is 4.79 Å². The van der Waals surface area contributed by atoms with Crippen LogP contribution in [-0.2, 0) is 15.9 Å². The maximum atomic E-state index is 12.8. The van der Waals surface area contributed by atoms with Gasteiger partial charge in [-0.25, -0.2) is 4.79 Å². The highest BCUT2D eigenvalue weighted by Crippen LogP contribution is 2.26. The number of carbonyl (C=O) groups is 1. The molecule has 2 fully saturated rings. The fourth-order valence-corrected chi connectivity index (χ4v) is 3.40. The van der Waals surface area contributed by atoms with E-state index in [0.29, 0.717) is 19.8 Å². The van der Waals surface area contributed by atoms with Gasteiger partial charge in [0, 0.05) is 24.9 Å². The first-order valence-electron chi connectivity index (χ1n) is 8.66. The highest BCUT2D eigenvalue weighted by molar-refractivity contribution is 5.90. The monoisotopic (exact) mass is 334 g/mol. The van der Waals surface area contributed by atoms with Gasteiger partial charge < -0.3 is 24.4 Å². The number of nitrogens with zero attached hydrogens (tertiary/aromatic N) is 1. The Labute approximate surface area is 143 Å². The Morgan fingerprint density at radius 2 is 2.29 bits per heavy atom. The Bertz CT molecular complexity index is 572. The number of nitrogens with one attached hydrogen (secondary N) is 1. The molecule has 2 aliphatic heterocycles. The van der Waals surface area contributed by atoms with Crippen molar-refractivity contribution in [2.45, 2.75) is 38.3 Å². The number of anilines is 1. The van der Waals surface area contributed by atoms with Crippen LogP contribution in [0.3, 0.4) is 0 Å². The van der Waals surface area contributed by atoms with Crippen LogP contribution in [0.4, 0.5) is 10.5 Å². The van der Waals surface area contributed by atoms with Crippen molar-refractivity contribution in [3.05, 3.63) is 23.8 Å². The molecular weight excluding hydrogens is 308 g/mol. The second-order valence-electron chi connectivity index (χ2n) is 6.20. The van der Waals surface area contributed by atoms with Crippen LogP contribution in [0.25, 0.3) is 0 Å². The largest absolute Gasteiger partial charge is 0.496 e. The molecule has 2 atom stereocenters. The summed E-state index contributed by atoms with van der Waals surface area (Å²) in [5.74, 6) is 0.799. The molecule has 2 aliphatic rings. The lowest BCUT2D eigenvalue weighted by Crippen LogP contribution is -2.55. The number of ether oxygens (including phenoxy) is 3. The zero-order valence-electron chi connectivity index (χ0n) is 14.4. The Hall–Kier alpha value is -1.79. The van der Waals surface area contributed by atoms with E-state index in [0.717, 1.165) is 42.9 Å². The molecule has 0 aliphatic carbocycles. The van der Waals surface area contributed by atoms with Gasteiger partial charge in [0.25, 0.3) is 0 Å². The summed E-state index contributed by atoms with van der Waals surface area (Å²) in [4.78, 5) is 14.6. The Morgan fingerprint density at radius 3 is 3.00 bits per heavy atom. The molecule has 24 heavy (non-hydrogen) atoms. The normalized spacial score (nSPS) is 24.0. The topological polar surface area (TPSA) is 60.0 Å². The van der Waals surface area contributed by atoms with E-state index in [2.05, 4.69) is 12.2 Å². The minimum atomic E-state index is -0.106. The molecule has 1 N–H and O–H groups in total. The highest BCUT2D eigenvalue weighted by atomic mass is 16.5. The molecule has 6 heteroatoms. The van der Waals surface area contributed by atoms with Crippen LogP contribution in [0.15, 0.2) is 18.2 Å². The Balaban J connectivity index is 1.70. The first-order valence-corrected chi connectivity index (χ1v) is 8.66. The van der Waals surface area contributed by atoms with Crippen LogP contribution in [0.1, 0.15) is 25.3 Å². The highest BCUT2D eigenvalue weighted by Gasteiger charge is 2.36. The SMILES string of the molecule is CCc1ccc(NC(=O)N2CCOCC2C2CCCO2)cc1OC. The molecule has 0 bridgehead atoms. The zero-order valence-corrected chi connectivity index (χ0v) is 14.4. The van der Waals surface area contributed by atoms with Gasteiger partial charge in [-0.2, -0.15) is 0 Å². The third-order valence-corrected chi connectivity index (χ3v) is 4.74. The van der Waals surface area contributed by atoms with Crippen LogP contribution in [0, 0.1) is 0 Å². The van der Waals surface area contributed by atoms with E-state index in [4.69, 9.17) is 14.2 Å². The second kappa shape index (κ2) is 7.85. The molecule has 2 amide bonds. The number of hydrogen-bond acceptors (Lipinski definition) is 4. The standard InChI is InChI=1S/C18H26N2O4/c1-3-13-6-7-14(11-17(13)22-2)19-18(21)20-8-10-23-12-15(20)16-5-4-9-24-16/h6-7,11,15-16H,3-5,8-10,12H2,1-2H3,(H,19,21). The molecule has 2 heterocycles. The van der Waals surface area contributed by atoms with Crippen LogP contribution in [0.2, 0.25) is 0 Å². The fraction of sp³-hybridized carbons (Fsp3) is 0.611. The maximum Gasteiger partial charge on any atom is 0.322 e. The van der Waals surface area contributed by atoms with E-state index in [1.807, 2.05) is 23.1 Å². The molecular formula is C18H26N2O4. The lowest BCUT2D eigenvalue weighted by Gasteiger charge is -2.38. The first kappa shape index (κ1) is 17.0. The van der Waals surface area contributed by atoms with Crippen molar-refractivity contribution in [1.29, 1.82) is 0 Å². The lowest BCUT2D eigenvalue weighted by molar-refractivity contribution is -0.0452. The molecule has 2 unspecified atom stereocenters. The molecule has 6 nitrogen and oxygen atoms in total. The predicted molar refractivity (Wildman–Crippen MR) is 91.7 cm³/mol. The number of urea groups is 1. The summed E-state index contributed by atoms with van der Waals surface area (Å²) in [6, 6.07) is 5.66. The average molecular weight is 334 g/mol. The Morgan fingerprint density at radius 1 is 1.42 bits per heavy atom. The summed E-state index contributed by atoms with van der Waals surface area (Å²) in [6.07, 6.45) is 3.00. The van der Waals surface area contributed by atoms with Crippen LogP contribution >= 0.6 is 0 Å². The van der Waals surface area contributed by atoms with E-state index in [1.165, 1.54) is 0 Å². The van der Waals surface area contributed by atoms with E-state index >= 15 is 0 Å². The van der Waals surface area contributed by atoms with Crippen molar-refractivity contribution in [2.75, 3.05) is 38.8 Å². The van der Waals surface area contributed by atoms with Crippen LogP contribution < -0.4 is 10.1 Å². The molecule has 132 valence electrons. The van der Waals surface area contributed by atoms with E-state index in [1.54, 1.807) is 7.11 Å². The summed E-state index contributed by atoms with van der Waals surface area (Å²) in [7, 11) is 1.65. The van der Waals surface area contributed by atoms with Crippen molar-refractivity contribution < 1.29 is 19.0 Å². The molecule has 0 saturated carbocycles. The van der Waals surface area contributed by atoms with Gasteiger partial charge >= 0.3 is 6.03 Å². The second-order valence-corrected chi connectivity index (χ2v) is 6.20. The minimum absolute atomic E-state index is 0.0157. The first-order chi connectivity index (χ1) is 11.7. The summed E-state index contributed by atoms with van der Waals surface area (Å²) >= 11 is 0. The number of aryl methyl sites for hydroxylation is 1. The van der Waals surface area contributed by atoms with E-state index < -0.39 is 0 Å². The predicted octanol–water partition coefficient (Wildman–Crippen LogP) is 2.67. The van der Waals surface area contributed by atoms with Gasteiger partial charge in [-0.15, -0.1) is 0 Å². The van der Waals surface area contributed by atoms with Gasteiger partial charge in [-0.05, 0) is 30.9 Å². The molecule has 0 aromatic heterocycles. The Kier molecular flexibility index (Phi) is 5.58. The summed E-state index contributed by atoms with van der Waals surface area (Å²) < 4.78 is 16.7. The smallest absolute Gasteiger partial charge is 0.322 e. The van der Waals surface area contributed by atoms with Gasteiger partial charge in [-0.3, -0.25) is 0 Å². The van der Waals surface area contributed by atoms with Crippen molar-refractivity contribution in [1.82, 2.24) is 4.90 Å². The summed E-state index contributed by atoms with van der Waals surface area (Å²) in [5, 5.41) is 2.99. The zero-order chi connectivity index (χ0) is 16.9. The molecule has 0 spiro atoms.